The van der Waals surface area contributed by atoms with Gasteiger partial charge in [-0.1, -0.05) is 30.3 Å². The first kappa shape index (κ1) is 14.9. The first-order valence-corrected chi connectivity index (χ1v) is 8.08. The van der Waals surface area contributed by atoms with Crippen molar-refractivity contribution >= 4 is 22.7 Å². The van der Waals surface area contributed by atoms with Crippen LogP contribution in [0.15, 0.2) is 30.3 Å². The molecule has 116 valence electrons. The van der Waals surface area contributed by atoms with Gasteiger partial charge in [0.05, 0.1) is 12.1 Å². The number of rotatable bonds is 4. The molecule has 2 heterocycles. The van der Waals surface area contributed by atoms with Gasteiger partial charge in [-0.25, -0.2) is 4.79 Å². The van der Waals surface area contributed by atoms with E-state index < -0.39 is 0 Å². The zero-order valence-electron chi connectivity index (χ0n) is 12.3. The number of hydrogen-bond donors (Lipinski definition) is 2. The number of nitrogens with zero attached hydrogens (tertiary/aromatic N) is 2. The van der Waals surface area contributed by atoms with E-state index in [0.29, 0.717) is 11.0 Å². The first-order valence-electron chi connectivity index (χ1n) is 7.30. The Morgan fingerprint density at radius 1 is 1.41 bits per heavy atom. The van der Waals surface area contributed by atoms with Crippen molar-refractivity contribution in [2.75, 3.05) is 11.9 Å². The van der Waals surface area contributed by atoms with Crippen LogP contribution in [0.2, 0.25) is 0 Å². The van der Waals surface area contributed by atoms with Gasteiger partial charge in [-0.05, 0) is 19.8 Å². The fraction of sp³-hybridized carbons (Fsp3) is 0.400. The second-order valence-corrected chi connectivity index (χ2v) is 5.98. The molecule has 1 saturated heterocycles. The van der Waals surface area contributed by atoms with E-state index >= 15 is 0 Å². The quantitative estimate of drug-likeness (QED) is 0.909. The molecule has 2 N–H and O–H groups in total. The summed E-state index contributed by atoms with van der Waals surface area (Å²) in [4.78, 5) is 16.3. The van der Waals surface area contributed by atoms with Crippen LogP contribution in [0.4, 0.5) is 9.93 Å². The van der Waals surface area contributed by atoms with E-state index in [9.17, 15) is 4.79 Å². The maximum Gasteiger partial charge on any atom is 0.321 e. The maximum atomic E-state index is 12.0. The number of hydrogen-bond acceptors (Lipinski definition) is 5. The number of aromatic nitrogens is 2. The van der Waals surface area contributed by atoms with Gasteiger partial charge in [0.15, 0.2) is 5.82 Å². The van der Waals surface area contributed by atoms with Crippen LogP contribution in [0.3, 0.4) is 0 Å². The summed E-state index contributed by atoms with van der Waals surface area (Å²) in [5.41, 5.74) is 0.930. The number of carbonyl (C=O) groups excluding carboxylic acids is 1. The van der Waals surface area contributed by atoms with Crippen LogP contribution >= 0.6 is 11.5 Å². The van der Waals surface area contributed by atoms with Crippen molar-refractivity contribution in [3.05, 3.63) is 30.3 Å². The summed E-state index contributed by atoms with van der Waals surface area (Å²) in [5, 5.41) is 6.09. The van der Waals surface area contributed by atoms with Crippen LogP contribution in [0, 0.1) is 0 Å². The molecule has 1 aromatic carbocycles. The molecule has 0 unspecified atom stereocenters. The van der Waals surface area contributed by atoms with Crippen molar-refractivity contribution in [1.29, 1.82) is 0 Å². The highest BCUT2D eigenvalue weighted by Gasteiger charge is 2.23. The third kappa shape index (κ3) is 3.61. The van der Waals surface area contributed by atoms with E-state index in [1.54, 1.807) is 0 Å². The average molecular weight is 318 g/mol. The van der Waals surface area contributed by atoms with Crippen molar-refractivity contribution in [3.63, 3.8) is 0 Å². The Hall–Kier alpha value is -1.99. The predicted octanol–water partition coefficient (Wildman–Crippen LogP) is 2.89. The van der Waals surface area contributed by atoms with Crippen LogP contribution in [-0.2, 0) is 4.74 Å². The Balaban J connectivity index is 1.57. The lowest BCUT2D eigenvalue weighted by atomic mass is 10.1. The monoisotopic (exact) mass is 318 g/mol. The SMILES string of the molecule is C[C@@H](NC(=O)Nc1nc(-c2ccccc2)ns1)[C@H]1CCCO1. The lowest BCUT2D eigenvalue weighted by Gasteiger charge is -2.19. The Morgan fingerprint density at radius 3 is 2.95 bits per heavy atom. The Labute approximate surface area is 133 Å². The van der Waals surface area contributed by atoms with Gasteiger partial charge >= 0.3 is 6.03 Å². The van der Waals surface area contributed by atoms with Gasteiger partial charge in [-0.15, -0.1) is 0 Å². The fourth-order valence-electron chi connectivity index (χ4n) is 2.41. The third-order valence-corrected chi connectivity index (χ3v) is 4.19. The molecule has 1 fully saturated rings. The highest BCUT2D eigenvalue weighted by atomic mass is 32.1. The Kier molecular flexibility index (Phi) is 4.65. The van der Waals surface area contributed by atoms with Crippen molar-refractivity contribution in [1.82, 2.24) is 14.7 Å². The molecule has 6 nitrogen and oxygen atoms in total. The van der Waals surface area contributed by atoms with E-state index in [2.05, 4.69) is 20.0 Å². The average Bonchev–Trinajstić information content (AvgIpc) is 3.19. The van der Waals surface area contributed by atoms with Crippen LogP contribution in [0.1, 0.15) is 19.8 Å². The van der Waals surface area contributed by atoms with Crippen LogP contribution in [0.5, 0.6) is 0 Å². The summed E-state index contributed by atoms with van der Waals surface area (Å²) in [5.74, 6) is 0.619. The topological polar surface area (TPSA) is 76.1 Å². The fourth-order valence-corrected chi connectivity index (χ4v) is 2.99. The molecule has 22 heavy (non-hydrogen) atoms. The smallest absolute Gasteiger partial charge is 0.321 e. The van der Waals surface area contributed by atoms with Gasteiger partial charge in [-0.3, -0.25) is 5.32 Å². The summed E-state index contributed by atoms with van der Waals surface area (Å²) < 4.78 is 9.82. The van der Waals surface area contributed by atoms with Crippen LogP contribution in [0.25, 0.3) is 11.4 Å². The molecule has 2 amide bonds. The molecule has 1 aliphatic heterocycles. The largest absolute Gasteiger partial charge is 0.376 e. The number of anilines is 1. The van der Waals surface area contributed by atoms with E-state index in [1.165, 1.54) is 11.5 Å². The maximum absolute atomic E-state index is 12.0. The number of benzene rings is 1. The van der Waals surface area contributed by atoms with Gasteiger partial charge in [0, 0.05) is 23.7 Å². The number of urea groups is 1. The van der Waals surface area contributed by atoms with E-state index in [-0.39, 0.29) is 18.2 Å². The minimum atomic E-state index is -0.279. The molecule has 0 spiro atoms. The van der Waals surface area contributed by atoms with Crippen molar-refractivity contribution in [2.45, 2.75) is 31.9 Å². The number of nitrogens with one attached hydrogen (secondary N) is 2. The van der Waals surface area contributed by atoms with Crippen molar-refractivity contribution < 1.29 is 9.53 Å². The number of amides is 2. The molecule has 0 radical (unpaired) electrons. The predicted molar refractivity (Wildman–Crippen MR) is 85.9 cm³/mol. The molecule has 3 rings (SSSR count). The lowest BCUT2D eigenvalue weighted by Crippen LogP contribution is -2.42. The molecule has 2 aromatic rings. The normalized spacial score (nSPS) is 18.9. The molecule has 0 bridgehead atoms. The summed E-state index contributed by atoms with van der Waals surface area (Å²) >= 11 is 1.17. The first-order chi connectivity index (χ1) is 10.7. The number of ether oxygens (including phenoxy) is 1. The minimum absolute atomic E-state index is 0.0241. The zero-order valence-corrected chi connectivity index (χ0v) is 13.1. The highest BCUT2D eigenvalue weighted by Crippen LogP contribution is 2.20. The Bertz CT molecular complexity index is 625. The summed E-state index contributed by atoms with van der Waals surface area (Å²) in [6.45, 7) is 2.72. The third-order valence-electron chi connectivity index (χ3n) is 3.56. The second-order valence-electron chi connectivity index (χ2n) is 5.23. The molecule has 0 aliphatic carbocycles. The van der Waals surface area contributed by atoms with Crippen molar-refractivity contribution in [3.8, 4) is 11.4 Å². The second kappa shape index (κ2) is 6.85. The lowest BCUT2D eigenvalue weighted by molar-refractivity contribution is 0.0868. The molecule has 7 heteroatoms. The molecular formula is C15H18N4O2S. The van der Waals surface area contributed by atoms with Crippen LogP contribution < -0.4 is 10.6 Å². The highest BCUT2D eigenvalue weighted by molar-refractivity contribution is 7.10. The summed E-state index contributed by atoms with van der Waals surface area (Å²) in [6, 6.07) is 9.37. The van der Waals surface area contributed by atoms with Crippen molar-refractivity contribution in [2.24, 2.45) is 0 Å². The zero-order chi connectivity index (χ0) is 15.4. The van der Waals surface area contributed by atoms with Gasteiger partial charge in [0.1, 0.15) is 0 Å². The van der Waals surface area contributed by atoms with E-state index in [0.717, 1.165) is 25.0 Å². The molecule has 1 aliphatic rings. The van der Waals surface area contributed by atoms with Gasteiger partial charge < -0.3 is 10.1 Å². The van der Waals surface area contributed by atoms with E-state index in [4.69, 9.17) is 4.74 Å². The van der Waals surface area contributed by atoms with Gasteiger partial charge in [-0.2, -0.15) is 9.36 Å². The molecule has 0 saturated carbocycles. The molecule has 2 atom stereocenters. The Morgan fingerprint density at radius 2 is 2.23 bits per heavy atom. The molecule has 1 aromatic heterocycles. The summed E-state index contributed by atoms with van der Waals surface area (Å²) in [7, 11) is 0. The molecular weight excluding hydrogens is 300 g/mol. The van der Waals surface area contributed by atoms with Crippen LogP contribution in [-0.4, -0.2) is 34.1 Å². The minimum Gasteiger partial charge on any atom is -0.376 e. The van der Waals surface area contributed by atoms with E-state index in [1.807, 2.05) is 37.3 Å². The van der Waals surface area contributed by atoms with Gasteiger partial charge in [0.25, 0.3) is 0 Å². The summed E-state index contributed by atoms with van der Waals surface area (Å²) in [6.07, 6.45) is 2.13. The van der Waals surface area contributed by atoms with Gasteiger partial charge in [0.2, 0.25) is 5.13 Å². The standard InChI is InChI=1S/C15H18N4O2S/c1-10(12-8-5-9-21-12)16-14(20)18-15-17-13(19-22-15)11-6-3-2-4-7-11/h2-4,6-7,10,12H,5,8-9H2,1H3,(H2,16,17,18,19,20)/t10-,12-/m1/s1. The number of carbonyl (C=O) groups is 1.